The summed E-state index contributed by atoms with van der Waals surface area (Å²) in [6.45, 7) is 5.78. The van der Waals surface area contributed by atoms with Crippen LogP contribution in [0.5, 0.6) is 0 Å². The number of hydrogen-bond donors (Lipinski definition) is 0. The molecule has 3 heteroatoms. The van der Waals surface area contributed by atoms with E-state index in [1.165, 1.54) is 30.5 Å². The van der Waals surface area contributed by atoms with E-state index in [0.29, 0.717) is 6.04 Å². The number of nitrogens with zero attached hydrogens (tertiary/aromatic N) is 1. The number of alkyl halides is 1. The van der Waals surface area contributed by atoms with Crippen LogP contribution in [0.1, 0.15) is 38.7 Å². The van der Waals surface area contributed by atoms with Crippen LogP contribution < -0.4 is 4.90 Å². The fraction of sp³-hybridized carbons (Fsp3) is 0.600. The van der Waals surface area contributed by atoms with E-state index in [0.717, 1.165) is 22.8 Å². The molecular formula is C15H21BrClN. The Morgan fingerprint density at radius 2 is 2.17 bits per heavy atom. The summed E-state index contributed by atoms with van der Waals surface area (Å²) in [5, 5.41) is 1.72. The zero-order chi connectivity index (χ0) is 13.1. The van der Waals surface area contributed by atoms with E-state index in [4.69, 9.17) is 11.6 Å². The Morgan fingerprint density at radius 1 is 1.39 bits per heavy atom. The Balaban J connectivity index is 2.30. The Kier molecular flexibility index (Phi) is 4.97. The predicted octanol–water partition coefficient (Wildman–Crippen LogP) is 5.25. The lowest BCUT2D eigenvalue weighted by Crippen LogP contribution is -2.42. The summed E-state index contributed by atoms with van der Waals surface area (Å²) in [4.78, 5) is 2.54. The summed E-state index contributed by atoms with van der Waals surface area (Å²) in [6.07, 6.45) is 3.92. The number of halogens is 2. The van der Waals surface area contributed by atoms with Crippen molar-refractivity contribution in [1.82, 2.24) is 0 Å². The average molecular weight is 331 g/mol. The fourth-order valence-electron chi connectivity index (χ4n) is 2.77. The van der Waals surface area contributed by atoms with Crippen molar-refractivity contribution in [3.63, 3.8) is 0 Å². The topological polar surface area (TPSA) is 3.24 Å². The molecule has 1 nitrogen and oxygen atoms in total. The molecule has 1 aliphatic rings. The molecule has 100 valence electrons. The molecule has 1 aromatic rings. The van der Waals surface area contributed by atoms with E-state index in [1.54, 1.807) is 0 Å². The highest BCUT2D eigenvalue weighted by Gasteiger charge is 2.25. The summed E-state index contributed by atoms with van der Waals surface area (Å²) in [7, 11) is 0. The summed E-state index contributed by atoms with van der Waals surface area (Å²) in [6, 6.07) is 6.85. The minimum atomic E-state index is 0.615. The highest BCUT2D eigenvalue weighted by Crippen LogP contribution is 2.33. The highest BCUT2D eigenvalue weighted by molar-refractivity contribution is 9.08. The van der Waals surface area contributed by atoms with Crippen molar-refractivity contribution in [3.8, 4) is 0 Å². The van der Waals surface area contributed by atoms with Crippen LogP contribution >= 0.6 is 27.5 Å². The first kappa shape index (κ1) is 14.2. The second-order valence-corrected chi connectivity index (χ2v) is 6.26. The fourth-order valence-corrected chi connectivity index (χ4v) is 3.41. The third-order valence-corrected chi connectivity index (χ3v) is 4.90. The van der Waals surface area contributed by atoms with Gasteiger partial charge >= 0.3 is 0 Å². The Bertz CT molecular complexity index is 407. The van der Waals surface area contributed by atoms with Gasteiger partial charge in [0.25, 0.3) is 0 Å². The van der Waals surface area contributed by atoms with Crippen LogP contribution in [0.4, 0.5) is 5.69 Å². The molecule has 2 rings (SSSR count). The molecule has 2 unspecified atom stereocenters. The molecule has 0 bridgehead atoms. The molecule has 1 aromatic carbocycles. The van der Waals surface area contributed by atoms with E-state index in [9.17, 15) is 0 Å². The Hall–Kier alpha value is -0.210. The number of piperidine rings is 1. The highest BCUT2D eigenvalue weighted by atomic mass is 79.9. The maximum Gasteiger partial charge on any atom is 0.0426 e. The smallest absolute Gasteiger partial charge is 0.0426 e. The van der Waals surface area contributed by atoms with Crippen molar-refractivity contribution in [3.05, 3.63) is 28.8 Å². The predicted molar refractivity (Wildman–Crippen MR) is 83.9 cm³/mol. The molecule has 0 aliphatic carbocycles. The van der Waals surface area contributed by atoms with E-state index in [1.807, 2.05) is 6.07 Å². The molecule has 0 spiro atoms. The molecule has 0 aromatic heterocycles. The zero-order valence-electron chi connectivity index (χ0n) is 11.1. The van der Waals surface area contributed by atoms with E-state index in [-0.39, 0.29) is 0 Å². The van der Waals surface area contributed by atoms with Gasteiger partial charge < -0.3 is 4.90 Å². The summed E-state index contributed by atoms with van der Waals surface area (Å²) in [5.74, 6) is 0.823. The lowest BCUT2D eigenvalue weighted by Gasteiger charge is -2.40. The van der Waals surface area contributed by atoms with Gasteiger partial charge in [0.1, 0.15) is 0 Å². The van der Waals surface area contributed by atoms with Crippen LogP contribution in [0.3, 0.4) is 0 Å². The molecule has 2 atom stereocenters. The van der Waals surface area contributed by atoms with Gasteiger partial charge in [0.15, 0.2) is 0 Å². The molecule has 0 N–H and O–H groups in total. The summed E-state index contributed by atoms with van der Waals surface area (Å²) >= 11 is 9.75. The molecule has 1 saturated heterocycles. The van der Waals surface area contributed by atoms with Crippen LogP contribution in [-0.4, -0.2) is 12.6 Å². The Labute approximate surface area is 124 Å². The molecule has 1 aliphatic heterocycles. The summed E-state index contributed by atoms with van der Waals surface area (Å²) < 4.78 is 0. The minimum Gasteiger partial charge on any atom is -0.368 e. The van der Waals surface area contributed by atoms with Crippen molar-refractivity contribution in [2.24, 2.45) is 5.92 Å². The lowest BCUT2D eigenvalue weighted by atomic mass is 9.90. The van der Waals surface area contributed by atoms with Crippen molar-refractivity contribution < 1.29 is 0 Å². The van der Waals surface area contributed by atoms with Gasteiger partial charge in [-0.3, -0.25) is 0 Å². The van der Waals surface area contributed by atoms with Crippen molar-refractivity contribution >= 4 is 33.2 Å². The molecule has 1 heterocycles. The SMILES string of the molecule is CCC1CCC(C)N(c2cc(Cl)ccc2CBr)C1. The van der Waals surface area contributed by atoms with Crippen LogP contribution in [0, 0.1) is 5.92 Å². The van der Waals surface area contributed by atoms with Crippen LogP contribution in [-0.2, 0) is 5.33 Å². The number of anilines is 1. The van der Waals surface area contributed by atoms with Gasteiger partial charge in [-0.05, 0) is 43.4 Å². The zero-order valence-corrected chi connectivity index (χ0v) is 13.5. The molecule has 0 amide bonds. The normalized spacial score (nSPS) is 24.3. The first-order valence-corrected chi connectivity index (χ1v) is 8.26. The average Bonchev–Trinajstić information content (AvgIpc) is 2.39. The standard InChI is InChI=1S/C15H21BrClN/c1-3-12-5-4-11(2)18(10-12)15-8-14(17)7-6-13(15)9-16/h6-8,11-12H,3-5,9-10H2,1-2H3. The monoisotopic (exact) mass is 329 g/mol. The Morgan fingerprint density at radius 3 is 2.83 bits per heavy atom. The maximum absolute atomic E-state index is 6.17. The third kappa shape index (κ3) is 3.03. The van der Waals surface area contributed by atoms with E-state index in [2.05, 4.69) is 46.8 Å². The number of rotatable bonds is 3. The molecule has 1 fully saturated rings. The van der Waals surface area contributed by atoms with Crippen molar-refractivity contribution in [1.29, 1.82) is 0 Å². The number of hydrogen-bond acceptors (Lipinski definition) is 1. The van der Waals surface area contributed by atoms with Gasteiger partial charge in [0, 0.05) is 28.6 Å². The van der Waals surface area contributed by atoms with Gasteiger partial charge in [-0.1, -0.05) is 46.9 Å². The van der Waals surface area contributed by atoms with Gasteiger partial charge in [-0.2, -0.15) is 0 Å². The van der Waals surface area contributed by atoms with Crippen molar-refractivity contribution in [2.45, 2.75) is 44.5 Å². The molecule has 0 saturated carbocycles. The van der Waals surface area contributed by atoms with E-state index < -0.39 is 0 Å². The molecular weight excluding hydrogens is 310 g/mol. The summed E-state index contributed by atoms with van der Waals surface area (Å²) in [5.41, 5.74) is 2.65. The first-order chi connectivity index (χ1) is 8.65. The molecule has 18 heavy (non-hydrogen) atoms. The quantitative estimate of drug-likeness (QED) is 0.684. The van der Waals surface area contributed by atoms with Gasteiger partial charge in [0.2, 0.25) is 0 Å². The van der Waals surface area contributed by atoms with Crippen LogP contribution in [0.15, 0.2) is 18.2 Å². The van der Waals surface area contributed by atoms with Gasteiger partial charge in [0.05, 0.1) is 0 Å². The largest absolute Gasteiger partial charge is 0.368 e. The van der Waals surface area contributed by atoms with Gasteiger partial charge in [-0.15, -0.1) is 0 Å². The first-order valence-electron chi connectivity index (χ1n) is 6.76. The molecule has 0 radical (unpaired) electrons. The van der Waals surface area contributed by atoms with Crippen molar-refractivity contribution in [2.75, 3.05) is 11.4 Å². The maximum atomic E-state index is 6.17. The van der Waals surface area contributed by atoms with E-state index >= 15 is 0 Å². The minimum absolute atomic E-state index is 0.615. The van der Waals surface area contributed by atoms with Crippen LogP contribution in [0.2, 0.25) is 5.02 Å². The van der Waals surface area contributed by atoms with Crippen LogP contribution in [0.25, 0.3) is 0 Å². The second kappa shape index (κ2) is 6.29. The van der Waals surface area contributed by atoms with Gasteiger partial charge in [-0.25, -0.2) is 0 Å². The lowest BCUT2D eigenvalue weighted by molar-refractivity contribution is 0.359. The third-order valence-electron chi connectivity index (χ3n) is 4.06. The second-order valence-electron chi connectivity index (χ2n) is 5.26. The number of benzene rings is 1.